The first-order valence-electron chi connectivity index (χ1n) is 11.6. The van der Waals surface area contributed by atoms with Crippen LogP contribution in [-0.4, -0.2) is 35.3 Å². The van der Waals surface area contributed by atoms with Crippen LogP contribution in [0.4, 0.5) is 33.2 Å². The predicted octanol–water partition coefficient (Wildman–Crippen LogP) is 4.04. The van der Waals surface area contributed by atoms with Gasteiger partial charge in [-0.3, -0.25) is 4.79 Å². The van der Waals surface area contributed by atoms with E-state index >= 15 is 0 Å². The lowest BCUT2D eigenvalue weighted by molar-refractivity contribution is -0.122. The molecular weight excluding hydrogens is 449 g/mol. The molecule has 2 aliphatic rings. The van der Waals surface area contributed by atoms with E-state index in [1.54, 1.807) is 31.5 Å². The van der Waals surface area contributed by atoms with Crippen molar-refractivity contribution < 1.29 is 13.9 Å². The lowest BCUT2D eigenvalue weighted by Crippen LogP contribution is -2.50. The Kier molecular flexibility index (Phi) is 6.26. The molecular formula is C25H28FN7O2. The number of rotatable bonds is 7. The maximum Gasteiger partial charge on any atom is 0.229 e. The third-order valence-electron chi connectivity index (χ3n) is 6.59. The molecule has 1 amide bonds. The Bertz CT molecular complexity index is 1200. The zero-order valence-electron chi connectivity index (χ0n) is 19.4. The SMILES string of the molecule is COc1ccc(Nc2ncc3c(n2)N(C2CCC(C(N)=O)CC2)C(Nc2ccccc2F)N3)cc1. The fourth-order valence-electron chi connectivity index (χ4n) is 4.73. The fraction of sp³-hybridized carbons (Fsp3) is 0.320. The maximum absolute atomic E-state index is 14.4. The molecule has 9 nitrogen and oxygen atoms in total. The van der Waals surface area contributed by atoms with E-state index in [0.29, 0.717) is 30.3 Å². The van der Waals surface area contributed by atoms with Gasteiger partial charge in [0.15, 0.2) is 12.1 Å². The van der Waals surface area contributed by atoms with Gasteiger partial charge in [-0.2, -0.15) is 4.98 Å². The standard InChI is InChI=1S/C25H28FN7O2/c1-35-18-12-8-16(9-13-18)29-24-28-14-21-23(32-24)33(17-10-6-15(7-11-17)22(27)34)25(31-21)30-20-5-3-2-4-19(20)26/h2-5,8-9,12-15,17,25,30-31H,6-7,10-11H2,1H3,(H2,27,34)(H,28,29,32). The molecule has 35 heavy (non-hydrogen) atoms. The van der Waals surface area contributed by atoms with Crippen LogP contribution in [0.1, 0.15) is 25.7 Å². The molecule has 1 saturated carbocycles. The van der Waals surface area contributed by atoms with E-state index in [9.17, 15) is 9.18 Å². The molecule has 3 aromatic rings. The van der Waals surface area contributed by atoms with Crippen molar-refractivity contribution in [3.8, 4) is 5.75 Å². The van der Waals surface area contributed by atoms with Gasteiger partial charge in [-0.15, -0.1) is 0 Å². The minimum Gasteiger partial charge on any atom is -0.497 e. The second-order valence-corrected chi connectivity index (χ2v) is 8.77. The molecule has 0 bridgehead atoms. The largest absolute Gasteiger partial charge is 0.497 e. The highest BCUT2D eigenvalue weighted by molar-refractivity contribution is 5.77. The Hall–Kier alpha value is -4.08. The van der Waals surface area contributed by atoms with Gasteiger partial charge < -0.3 is 31.3 Å². The zero-order chi connectivity index (χ0) is 24.4. The summed E-state index contributed by atoms with van der Waals surface area (Å²) >= 11 is 0. The zero-order valence-corrected chi connectivity index (χ0v) is 19.4. The van der Waals surface area contributed by atoms with Crippen LogP contribution in [0.5, 0.6) is 5.75 Å². The van der Waals surface area contributed by atoms with E-state index in [1.807, 2.05) is 24.3 Å². The minimum absolute atomic E-state index is 0.0901. The number of carbonyl (C=O) groups excluding carboxylic acids is 1. The number of ether oxygens (including phenoxy) is 1. The Morgan fingerprint density at radius 1 is 1.14 bits per heavy atom. The molecule has 0 radical (unpaired) electrons. The molecule has 5 rings (SSSR count). The number of hydrogen-bond donors (Lipinski definition) is 4. The van der Waals surface area contributed by atoms with Crippen LogP contribution in [0.3, 0.4) is 0 Å². The van der Waals surface area contributed by atoms with Crippen molar-refractivity contribution in [3.05, 3.63) is 60.5 Å². The van der Waals surface area contributed by atoms with E-state index in [1.165, 1.54) is 6.07 Å². The van der Waals surface area contributed by atoms with Gasteiger partial charge in [-0.25, -0.2) is 9.37 Å². The number of methoxy groups -OCH3 is 1. The van der Waals surface area contributed by atoms with Crippen LogP contribution in [0.15, 0.2) is 54.7 Å². The summed E-state index contributed by atoms with van der Waals surface area (Å²) in [6, 6.07) is 14.1. The number of primary amides is 1. The van der Waals surface area contributed by atoms with Crippen LogP contribution >= 0.6 is 0 Å². The molecule has 2 aromatic carbocycles. The Labute approximate surface area is 202 Å². The Balaban J connectivity index is 1.42. The molecule has 1 atom stereocenters. The predicted molar refractivity (Wildman–Crippen MR) is 133 cm³/mol. The van der Waals surface area contributed by atoms with Gasteiger partial charge in [0.2, 0.25) is 11.9 Å². The molecule has 1 aromatic heterocycles. The van der Waals surface area contributed by atoms with Crippen LogP contribution in [-0.2, 0) is 4.79 Å². The lowest BCUT2D eigenvalue weighted by atomic mass is 9.85. The molecule has 1 unspecified atom stereocenters. The average Bonchev–Trinajstić information content (AvgIpc) is 3.23. The maximum atomic E-state index is 14.4. The van der Waals surface area contributed by atoms with Crippen LogP contribution in [0, 0.1) is 11.7 Å². The van der Waals surface area contributed by atoms with E-state index in [4.69, 9.17) is 15.5 Å². The van der Waals surface area contributed by atoms with Crippen molar-refractivity contribution in [2.75, 3.05) is 28.0 Å². The number of halogens is 1. The van der Waals surface area contributed by atoms with Crippen LogP contribution < -0.4 is 31.3 Å². The van der Waals surface area contributed by atoms with E-state index in [-0.39, 0.29) is 23.7 Å². The third-order valence-corrected chi connectivity index (χ3v) is 6.59. The summed E-state index contributed by atoms with van der Waals surface area (Å²) in [6.07, 6.45) is 4.26. The number of aromatic nitrogens is 2. The summed E-state index contributed by atoms with van der Waals surface area (Å²) in [5.74, 6) is 1.21. The van der Waals surface area contributed by atoms with Gasteiger partial charge in [0, 0.05) is 17.6 Å². The van der Waals surface area contributed by atoms with Crippen LogP contribution in [0.25, 0.3) is 0 Å². The average molecular weight is 478 g/mol. The highest BCUT2D eigenvalue weighted by atomic mass is 19.1. The van der Waals surface area contributed by atoms with Gasteiger partial charge in [-0.05, 0) is 62.1 Å². The van der Waals surface area contributed by atoms with Gasteiger partial charge in [0.1, 0.15) is 11.6 Å². The van der Waals surface area contributed by atoms with Gasteiger partial charge in [-0.1, -0.05) is 12.1 Å². The first-order valence-corrected chi connectivity index (χ1v) is 11.6. The Morgan fingerprint density at radius 3 is 2.57 bits per heavy atom. The van der Waals surface area contributed by atoms with Gasteiger partial charge in [0.25, 0.3) is 0 Å². The fourth-order valence-corrected chi connectivity index (χ4v) is 4.73. The highest BCUT2D eigenvalue weighted by Crippen LogP contribution is 2.39. The molecule has 1 fully saturated rings. The van der Waals surface area contributed by atoms with Gasteiger partial charge >= 0.3 is 0 Å². The molecule has 0 spiro atoms. The lowest BCUT2D eigenvalue weighted by Gasteiger charge is -2.38. The number of anilines is 5. The molecule has 182 valence electrons. The minimum atomic E-state index is -0.428. The van der Waals surface area contributed by atoms with Crippen molar-refractivity contribution in [2.45, 2.75) is 38.0 Å². The van der Waals surface area contributed by atoms with Crippen molar-refractivity contribution in [3.63, 3.8) is 0 Å². The number of benzene rings is 2. The Morgan fingerprint density at radius 2 is 1.89 bits per heavy atom. The molecule has 5 N–H and O–H groups in total. The second-order valence-electron chi connectivity index (χ2n) is 8.77. The second kappa shape index (κ2) is 9.65. The van der Waals surface area contributed by atoms with Crippen molar-refractivity contribution in [2.24, 2.45) is 11.7 Å². The number of amides is 1. The van der Waals surface area contributed by atoms with Crippen molar-refractivity contribution in [1.29, 1.82) is 0 Å². The summed E-state index contributed by atoms with van der Waals surface area (Å²) in [5, 5.41) is 9.88. The number of para-hydroxylation sites is 1. The molecule has 0 saturated heterocycles. The van der Waals surface area contributed by atoms with E-state index in [2.05, 4.69) is 25.8 Å². The number of nitrogens with two attached hydrogens (primary N) is 1. The number of hydrogen-bond acceptors (Lipinski definition) is 8. The first-order chi connectivity index (χ1) is 17.0. The van der Waals surface area contributed by atoms with Gasteiger partial charge in [0.05, 0.1) is 24.7 Å². The molecule has 10 heteroatoms. The topological polar surface area (TPSA) is 117 Å². The summed E-state index contributed by atoms with van der Waals surface area (Å²) in [5.41, 5.74) is 7.50. The summed E-state index contributed by atoms with van der Waals surface area (Å²) < 4.78 is 19.7. The van der Waals surface area contributed by atoms with Crippen molar-refractivity contribution >= 4 is 34.7 Å². The van der Waals surface area contributed by atoms with Crippen molar-refractivity contribution in [1.82, 2.24) is 9.97 Å². The number of nitrogens with zero attached hydrogens (tertiary/aromatic N) is 3. The summed E-state index contributed by atoms with van der Waals surface area (Å²) in [6.45, 7) is 0. The number of carbonyl (C=O) groups is 1. The summed E-state index contributed by atoms with van der Waals surface area (Å²) in [4.78, 5) is 23.1. The number of nitrogens with one attached hydrogen (secondary N) is 3. The van der Waals surface area contributed by atoms with E-state index < -0.39 is 6.29 Å². The smallest absolute Gasteiger partial charge is 0.229 e. The molecule has 1 aliphatic carbocycles. The third kappa shape index (κ3) is 4.77. The molecule has 1 aliphatic heterocycles. The number of fused-ring (bicyclic) bond motifs is 1. The summed E-state index contributed by atoms with van der Waals surface area (Å²) in [7, 11) is 1.62. The monoisotopic (exact) mass is 477 g/mol. The van der Waals surface area contributed by atoms with Crippen LogP contribution in [0.2, 0.25) is 0 Å². The highest BCUT2D eigenvalue weighted by Gasteiger charge is 2.38. The van der Waals surface area contributed by atoms with E-state index in [0.717, 1.165) is 30.0 Å². The molecule has 2 heterocycles. The normalized spacial score (nSPS) is 21.1. The first kappa shape index (κ1) is 22.7. The quantitative estimate of drug-likeness (QED) is 0.403.